The number of rotatable bonds is 1. The van der Waals surface area contributed by atoms with E-state index in [4.69, 9.17) is 10.8 Å². The predicted octanol–water partition coefficient (Wildman–Crippen LogP) is 2.92. The van der Waals surface area contributed by atoms with E-state index in [-0.39, 0.29) is 23.1 Å². The van der Waals surface area contributed by atoms with Crippen molar-refractivity contribution in [3.05, 3.63) is 35.3 Å². The quantitative estimate of drug-likeness (QED) is 0.726. The highest BCUT2D eigenvalue weighted by atomic mass is 19.4. The second-order valence-electron chi connectivity index (χ2n) is 6.50. The van der Waals surface area contributed by atoms with Crippen LogP contribution in [0.25, 0.3) is 5.82 Å². The van der Waals surface area contributed by atoms with Crippen LogP contribution in [0.1, 0.15) is 29.9 Å². The molecule has 3 N–H and O–H groups in total. The SMILES string of the molecule is Cc1cc(C(F)(F)F)nn1-c1ccc(N)c(C#CC2CCN(C(=O)O)CC2)n1. The molecule has 28 heavy (non-hydrogen) atoms. The van der Waals surface area contributed by atoms with E-state index >= 15 is 0 Å². The second kappa shape index (κ2) is 7.42. The van der Waals surface area contributed by atoms with Gasteiger partial charge in [0.15, 0.2) is 11.5 Å². The third-order valence-corrected chi connectivity index (χ3v) is 4.47. The molecule has 7 nitrogen and oxygen atoms in total. The molecule has 148 valence electrons. The van der Waals surface area contributed by atoms with Crippen molar-refractivity contribution in [1.29, 1.82) is 0 Å². The topological polar surface area (TPSA) is 97.3 Å². The molecule has 0 aliphatic carbocycles. The molecule has 1 amide bonds. The van der Waals surface area contributed by atoms with Crippen molar-refractivity contribution < 1.29 is 23.1 Å². The molecule has 1 aliphatic heterocycles. The van der Waals surface area contributed by atoms with E-state index in [1.165, 1.54) is 24.0 Å². The molecule has 1 fully saturated rings. The molecule has 2 aromatic heterocycles. The first-order valence-corrected chi connectivity index (χ1v) is 8.55. The molecule has 0 bridgehead atoms. The number of hydrogen-bond acceptors (Lipinski definition) is 4. The Morgan fingerprint density at radius 3 is 2.57 bits per heavy atom. The third-order valence-electron chi connectivity index (χ3n) is 4.47. The minimum absolute atomic E-state index is 0.00345. The second-order valence-corrected chi connectivity index (χ2v) is 6.50. The number of carboxylic acid groups (broad SMARTS) is 1. The summed E-state index contributed by atoms with van der Waals surface area (Å²) < 4.78 is 39.7. The van der Waals surface area contributed by atoms with Crippen LogP contribution in [0.4, 0.5) is 23.7 Å². The van der Waals surface area contributed by atoms with Crippen LogP contribution in [-0.4, -0.2) is 44.0 Å². The van der Waals surface area contributed by atoms with Crippen molar-refractivity contribution in [3.8, 4) is 17.7 Å². The number of anilines is 1. The van der Waals surface area contributed by atoms with Crippen LogP contribution in [0.2, 0.25) is 0 Å². The molecule has 0 spiro atoms. The number of piperidine rings is 1. The van der Waals surface area contributed by atoms with Gasteiger partial charge < -0.3 is 15.7 Å². The van der Waals surface area contributed by atoms with Crippen molar-refractivity contribution in [2.45, 2.75) is 25.9 Å². The first-order valence-electron chi connectivity index (χ1n) is 8.55. The lowest BCUT2D eigenvalue weighted by atomic mass is 9.97. The number of aromatic nitrogens is 3. The Morgan fingerprint density at radius 2 is 2.00 bits per heavy atom. The Bertz CT molecular complexity index is 950. The van der Waals surface area contributed by atoms with Crippen molar-refractivity contribution in [3.63, 3.8) is 0 Å². The standard InChI is InChI=1S/C18H18F3N5O2/c1-11-10-15(18(19,20)21)24-26(11)16-5-3-13(22)14(23-16)4-2-12-6-8-25(9-7-12)17(27)28/h3,5,10,12H,6-9,22H2,1H3,(H,27,28). The Hall–Kier alpha value is -3.22. The van der Waals surface area contributed by atoms with Gasteiger partial charge in [-0.25, -0.2) is 14.5 Å². The maximum absolute atomic E-state index is 12.9. The number of carbonyl (C=O) groups is 1. The van der Waals surface area contributed by atoms with Crippen molar-refractivity contribution in [1.82, 2.24) is 19.7 Å². The number of nitrogens with zero attached hydrogens (tertiary/aromatic N) is 4. The molecule has 0 radical (unpaired) electrons. The average Bonchev–Trinajstić information content (AvgIpc) is 3.03. The van der Waals surface area contributed by atoms with E-state index in [0.29, 0.717) is 31.6 Å². The summed E-state index contributed by atoms with van der Waals surface area (Å²) >= 11 is 0. The van der Waals surface area contributed by atoms with E-state index < -0.39 is 18.0 Å². The molecule has 0 saturated carbocycles. The van der Waals surface area contributed by atoms with Crippen LogP contribution in [0.5, 0.6) is 0 Å². The molecule has 10 heteroatoms. The van der Waals surface area contributed by atoms with E-state index in [1.807, 2.05) is 0 Å². The molecule has 1 aliphatic rings. The number of pyridine rings is 1. The maximum atomic E-state index is 12.9. The average molecular weight is 393 g/mol. The lowest BCUT2D eigenvalue weighted by molar-refractivity contribution is -0.141. The molecule has 3 rings (SSSR count). The fraction of sp³-hybridized carbons (Fsp3) is 0.389. The molecule has 1 saturated heterocycles. The number of amides is 1. The van der Waals surface area contributed by atoms with Gasteiger partial charge in [-0.1, -0.05) is 5.92 Å². The van der Waals surface area contributed by atoms with Crippen LogP contribution in [0, 0.1) is 24.7 Å². The summed E-state index contributed by atoms with van der Waals surface area (Å²) in [6.07, 6.45) is -4.28. The maximum Gasteiger partial charge on any atom is 0.435 e. The third kappa shape index (κ3) is 4.19. The van der Waals surface area contributed by atoms with Crippen molar-refractivity contribution in [2.24, 2.45) is 5.92 Å². The van der Waals surface area contributed by atoms with Gasteiger partial charge in [-0.05, 0) is 43.9 Å². The highest BCUT2D eigenvalue weighted by molar-refractivity contribution is 5.65. The van der Waals surface area contributed by atoms with E-state index in [1.54, 1.807) is 0 Å². The summed E-state index contributed by atoms with van der Waals surface area (Å²) in [5.74, 6) is 6.11. The molecular weight excluding hydrogens is 375 g/mol. The Labute approximate surface area is 159 Å². The van der Waals surface area contributed by atoms with E-state index in [0.717, 1.165) is 10.7 Å². The van der Waals surface area contributed by atoms with E-state index in [2.05, 4.69) is 21.9 Å². The molecule has 0 unspecified atom stereocenters. The van der Waals surface area contributed by atoms with Crippen LogP contribution < -0.4 is 5.73 Å². The van der Waals surface area contributed by atoms with Crippen LogP contribution in [-0.2, 0) is 6.18 Å². The van der Waals surface area contributed by atoms with Crippen molar-refractivity contribution in [2.75, 3.05) is 18.8 Å². The number of nitrogen functional groups attached to an aromatic ring is 1. The fourth-order valence-electron chi connectivity index (χ4n) is 2.91. The smallest absolute Gasteiger partial charge is 0.435 e. The zero-order chi connectivity index (χ0) is 20.5. The fourth-order valence-corrected chi connectivity index (χ4v) is 2.91. The summed E-state index contributed by atoms with van der Waals surface area (Å²) in [5, 5.41) is 12.5. The van der Waals surface area contributed by atoms with Gasteiger partial charge in [-0.3, -0.25) is 0 Å². The zero-order valence-corrected chi connectivity index (χ0v) is 15.0. The molecular formula is C18H18F3N5O2. The first-order chi connectivity index (χ1) is 13.1. The van der Waals surface area contributed by atoms with Gasteiger partial charge in [-0.15, -0.1) is 0 Å². The summed E-state index contributed by atoms with van der Waals surface area (Å²) in [5.41, 5.74) is 5.74. The Balaban J connectivity index is 1.82. The first kappa shape index (κ1) is 19.5. The van der Waals surface area contributed by atoms with Gasteiger partial charge in [0.1, 0.15) is 5.69 Å². The molecule has 0 atom stereocenters. The van der Waals surface area contributed by atoms with Crippen molar-refractivity contribution >= 4 is 11.8 Å². The highest BCUT2D eigenvalue weighted by Crippen LogP contribution is 2.29. The number of alkyl halides is 3. The minimum atomic E-state index is -4.54. The van der Waals surface area contributed by atoms with Crippen LogP contribution in [0.3, 0.4) is 0 Å². The van der Waals surface area contributed by atoms with Gasteiger partial charge in [0.25, 0.3) is 0 Å². The lowest BCUT2D eigenvalue weighted by Crippen LogP contribution is -2.37. The Morgan fingerprint density at radius 1 is 1.32 bits per heavy atom. The van der Waals surface area contributed by atoms with Crippen LogP contribution in [0.15, 0.2) is 18.2 Å². The summed E-state index contributed by atoms with van der Waals surface area (Å²) in [6.45, 7) is 2.32. The van der Waals surface area contributed by atoms with Gasteiger partial charge >= 0.3 is 12.3 Å². The van der Waals surface area contributed by atoms with E-state index in [9.17, 15) is 18.0 Å². The summed E-state index contributed by atoms with van der Waals surface area (Å²) in [4.78, 5) is 16.5. The van der Waals surface area contributed by atoms with Gasteiger partial charge in [-0.2, -0.15) is 18.3 Å². The number of halogens is 3. The lowest BCUT2D eigenvalue weighted by Gasteiger charge is -2.27. The molecule has 3 heterocycles. The number of aryl methyl sites for hydroxylation is 1. The highest BCUT2D eigenvalue weighted by Gasteiger charge is 2.34. The van der Waals surface area contributed by atoms with Gasteiger partial charge in [0.05, 0.1) is 5.69 Å². The monoisotopic (exact) mass is 393 g/mol. The normalized spacial score (nSPS) is 15.2. The molecule has 0 aromatic carbocycles. The van der Waals surface area contributed by atoms with Gasteiger partial charge in [0.2, 0.25) is 0 Å². The number of hydrogen-bond donors (Lipinski definition) is 2. The molecule has 2 aromatic rings. The predicted molar refractivity (Wildman–Crippen MR) is 94.7 cm³/mol. The minimum Gasteiger partial charge on any atom is -0.465 e. The van der Waals surface area contributed by atoms with Crippen LogP contribution >= 0.6 is 0 Å². The summed E-state index contributed by atoms with van der Waals surface area (Å²) in [6, 6.07) is 3.94. The number of nitrogens with two attached hydrogens (primary N) is 1. The number of likely N-dealkylation sites (tertiary alicyclic amines) is 1. The zero-order valence-electron chi connectivity index (χ0n) is 15.0. The Kier molecular flexibility index (Phi) is 5.18. The van der Waals surface area contributed by atoms with Gasteiger partial charge in [0, 0.05) is 24.7 Å². The summed E-state index contributed by atoms with van der Waals surface area (Å²) in [7, 11) is 0. The largest absolute Gasteiger partial charge is 0.465 e.